The first kappa shape index (κ1) is 17.0. The fourth-order valence-electron chi connectivity index (χ4n) is 2.79. The van der Waals surface area contributed by atoms with Crippen molar-refractivity contribution in [1.82, 2.24) is 15.1 Å². The number of aromatic nitrogens is 2. The first-order chi connectivity index (χ1) is 10.3. The highest BCUT2D eigenvalue weighted by atomic mass is 16.2. The fraction of sp³-hybridized carbons (Fsp3) is 0.765. The molecule has 1 aromatic rings. The molecule has 1 aromatic heterocycles. The van der Waals surface area contributed by atoms with Crippen molar-refractivity contribution in [2.45, 2.75) is 77.3 Å². The van der Waals surface area contributed by atoms with Crippen molar-refractivity contribution in [3.8, 4) is 0 Å². The third-order valence-corrected chi connectivity index (χ3v) is 4.72. The SMILES string of the molecule is CCC(CC)(CN)NC(=O)c1cc(C2CC2)n(C(C)(C)C)n1. The molecule has 0 aromatic carbocycles. The van der Waals surface area contributed by atoms with E-state index in [-0.39, 0.29) is 17.0 Å². The third-order valence-electron chi connectivity index (χ3n) is 4.72. The Morgan fingerprint density at radius 1 is 1.36 bits per heavy atom. The zero-order chi connectivity index (χ0) is 16.5. The summed E-state index contributed by atoms with van der Waals surface area (Å²) in [4.78, 5) is 12.6. The number of rotatable bonds is 6. The van der Waals surface area contributed by atoms with Crippen molar-refractivity contribution < 1.29 is 4.79 Å². The summed E-state index contributed by atoms with van der Waals surface area (Å²) in [5.41, 5.74) is 7.13. The minimum Gasteiger partial charge on any atom is -0.344 e. The molecule has 0 atom stereocenters. The van der Waals surface area contributed by atoms with Gasteiger partial charge >= 0.3 is 0 Å². The monoisotopic (exact) mass is 306 g/mol. The van der Waals surface area contributed by atoms with Gasteiger partial charge in [-0.3, -0.25) is 9.48 Å². The lowest BCUT2D eigenvalue weighted by atomic mass is 9.93. The van der Waals surface area contributed by atoms with Crippen LogP contribution in [0.1, 0.15) is 82.4 Å². The minimum absolute atomic E-state index is 0.112. The molecule has 2 rings (SSSR count). The first-order valence-electron chi connectivity index (χ1n) is 8.39. The first-order valence-corrected chi connectivity index (χ1v) is 8.39. The van der Waals surface area contributed by atoms with Crippen LogP contribution in [0.15, 0.2) is 6.07 Å². The molecule has 1 fully saturated rings. The van der Waals surface area contributed by atoms with Crippen LogP contribution in [0.25, 0.3) is 0 Å². The Morgan fingerprint density at radius 3 is 2.36 bits per heavy atom. The van der Waals surface area contributed by atoms with Crippen molar-refractivity contribution >= 4 is 5.91 Å². The quantitative estimate of drug-likeness (QED) is 0.848. The van der Waals surface area contributed by atoms with Crippen molar-refractivity contribution in [3.05, 3.63) is 17.5 Å². The van der Waals surface area contributed by atoms with E-state index in [2.05, 4.69) is 45.0 Å². The van der Waals surface area contributed by atoms with Crippen LogP contribution >= 0.6 is 0 Å². The summed E-state index contributed by atoms with van der Waals surface area (Å²) in [6, 6.07) is 1.96. The number of nitrogens with two attached hydrogens (primary N) is 1. The molecule has 5 heteroatoms. The second kappa shape index (κ2) is 6.03. The summed E-state index contributed by atoms with van der Waals surface area (Å²) in [6.45, 7) is 10.9. The Bertz CT molecular complexity index is 525. The Hall–Kier alpha value is -1.36. The summed E-state index contributed by atoms with van der Waals surface area (Å²) in [7, 11) is 0. The van der Waals surface area contributed by atoms with E-state index in [1.165, 1.54) is 18.5 Å². The molecule has 3 N–H and O–H groups in total. The van der Waals surface area contributed by atoms with Gasteiger partial charge in [-0.05, 0) is 52.5 Å². The summed E-state index contributed by atoms with van der Waals surface area (Å²) in [6.07, 6.45) is 4.03. The topological polar surface area (TPSA) is 72.9 Å². The van der Waals surface area contributed by atoms with Crippen LogP contribution < -0.4 is 11.1 Å². The molecule has 22 heavy (non-hydrogen) atoms. The average Bonchev–Trinajstić information content (AvgIpc) is 3.21. The molecule has 0 spiro atoms. The van der Waals surface area contributed by atoms with Crippen molar-refractivity contribution in [3.63, 3.8) is 0 Å². The maximum absolute atomic E-state index is 12.6. The second-order valence-corrected chi connectivity index (χ2v) is 7.46. The van der Waals surface area contributed by atoms with E-state index in [1.54, 1.807) is 0 Å². The molecule has 1 aliphatic rings. The van der Waals surface area contributed by atoms with Crippen LogP contribution in [0.2, 0.25) is 0 Å². The number of hydrogen-bond donors (Lipinski definition) is 2. The molecule has 0 unspecified atom stereocenters. The zero-order valence-electron chi connectivity index (χ0n) is 14.6. The van der Waals surface area contributed by atoms with Gasteiger partial charge in [0.25, 0.3) is 5.91 Å². The predicted octanol–water partition coefficient (Wildman–Crippen LogP) is 2.76. The summed E-state index contributed by atoms with van der Waals surface area (Å²) < 4.78 is 2.02. The summed E-state index contributed by atoms with van der Waals surface area (Å²) in [5, 5.41) is 7.70. The molecule has 5 nitrogen and oxygen atoms in total. The predicted molar refractivity (Wildman–Crippen MR) is 89.0 cm³/mol. The van der Waals surface area contributed by atoms with Gasteiger partial charge in [0, 0.05) is 18.2 Å². The van der Waals surface area contributed by atoms with Crippen LogP contribution in [0.4, 0.5) is 0 Å². The Labute approximate surface area is 133 Å². The standard InChI is InChI=1S/C17H30N4O/c1-6-17(7-2,11-18)19-15(22)13-10-14(12-8-9-12)21(20-13)16(3,4)5/h10,12H,6-9,11,18H2,1-5H3,(H,19,22). The Kier molecular flexibility index (Phi) is 4.66. The molecular formula is C17H30N4O. The van der Waals surface area contributed by atoms with Crippen LogP contribution in [-0.4, -0.2) is 27.8 Å². The van der Waals surface area contributed by atoms with Crippen molar-refractivity contribution in [1.29, 1.82) is 0 Å². The van der Waals surface area contributed by atoms with E-state index in [4.69, 9.17) is 5.73 Å². The number of nitrogens with one attached hydrogen (secondary N) is 1. The lowest BCUT2D eigenvalue weighted by molar-refractivity contribution is 0.0888. The number of carbonyl (C=O) groups excluding carboxylic acids is 1. The largest absolute Gasteiger partial charge is 0.344 e. The van der Waals surface area contributed by atoms with Gasteiger partial charge in [-0.25, -0.2) is 0 Å². The zero-order valence-corrected chi connectivity index (χ0v) is 14.6. The minimum atomic E-state index is -0.331. The number of nitrogens with zero attached hydrogens (tertiary/aromatic N) is 2. The van der Waals surface area contributed by atoms with E-state index >= 15 is 0 Å². The number of amides is 1. The highest BCUT2D eigenvalue weighted by Gasteiger charge is 2.34. The molecule has 0 saturated heterocycles. The Balaban J connectivity index is 2.27. The van der Waals surface area contributed by atoms with E-state index in [9.17, 15) is 4.79 Å². The third kappa shape index (κ3) is 3.35. The lowest BCUT2D eigenvalue weighted by Crippen LogP contribution is -2.53. The smallest absolute Gasteiger partial charge is 0.272 e. The summed E-state index contributed by atoms with van der Waals surface area (Å²) >= 11 is 0. The molecule has 0 bridgehead atoms. The number of carbonyl (C=O) groups is 1. The number of hydrogen-bond acceptors (Lipinski definition) is 3. The van der Waals surface area contributed by atoms with Crippen LogP contribution in [-0.2, 0) is 5.54 Å². The Morgan fingerprint density at radius 2 is 1.95 bits per heavy atom. The van der Waals surface area contributed by atoms with Gasteiger partial charge in [0.05, 0.1) is 11.1 Å². The summed E-state index contributed by atoms with van der Waals surface area (Å²) in [5.74, 6) is 0.448. The molecule has 124 valence electrons. The molecular weight excluding hydrogens is 276 g/mol. The molecule has 1 heterocycles. The van der Waals surface area contributed by atoms with E-state index in [1.807, 2.05) is 10.7 Å². The van der Waals surface area contributed by atoms with Crippen LogP contribution in [0, 0.1) is 0 Å². The van der Waals surface area contributed by atoms with Crippen LogP contribution in [0.5, 0.6) is 0 Å². The second-order valence-electron chi connectivity index (χ2n) is 7.46. The molecule has 0 aliphatic heterocycles. The lowest BCUT2D eigenvalue weighted by Gasteiger charge is -2.31. The van der Waals surface area contributed by atoms with Gasteiger partial charge in [-0.2, -0.15) is 5.10 Å². The van der Waals surface area contributed by atoms with Gasteiger partial charge in [0.1, 0.15) is 5.69 Å². The van der Waals surface area contributed by atoms with Crippen molar-refractivity contribution in [2.24, 2.45) is 5.73 Å². The average molecular weight is 306 g/mol. The fourth-order valence-corrected chi connectivity index (χ4v) is 2.79. The van der Waals surface area contributed by atoms with E-state index < -0.39 is 0 Å². The van der Waals surface area contributed by atoms with E-state index in [0.717, 1.165) is 12.8 Å². The maximum atomic E-state index is 12.6. The maximum Gasteiger partial charge on any atom is 0.272 e. The van der Waals surface area contributed by atoms with Gasteiger partial charge in [-0.1, -0.05) is 13.8 Å². The van der Waals surface area contributed by atoms with Crippen LogP contribution in [0.3, 0.4) is 0 Å². The highest BCUT2D eigenvalue weighted by Crippen LogP contribution is 2.41. The molecule has 0 radical (unpaired) electrons. The van der Waals surface area contributed by atoms with Gasteiger partial charge in [-0.15, -0.1) is 0 Å². The van der Waals surface area contributed by atoms with Gasteiger partial charge in [0.15, 0.2) is 0 Å². The van der Waals surface area contributed by atoms with Gasteiger partial charge < -0.3 is 11.1 Å². The molecule has 1 aliphatic carbocycles. The van der Waals surface area contributed by atoms with Crippen molar-refractivity contribution in [2.75, 3.05) is 6.54 Å². The highest BCUT2D eigenvalue weighted by molar-refractivity contribution is 5.93. The molecule has 1 amide bonds. The normalized spacial score (nSPS) is 15.9. The van der Waals surface area contributed by atoms with E-state index in [0.29, 0.717) is 18.2 Å². The molecule has 1 saturated carbocycles. The van der Waals surface area contributed by atoms with Gasteiger partial charge in [0.2, 0.25) is 0 Å².